The van der Waals surface area contributed by atoms with Crippen LogP contribution in [0.15, 0.2) is 35.0 Å². The highest BCUT2D eigenvalue weighted by Gasteiger charge is 2.25. The fraction of sp³-hybridized carbons (Fsp3) is 0.500. The molecule has 1 atom stereocenters. The Morgan fingerprint density at radius 1 is 1.28 bits per heavy atom. The van der Waals surface area contributed by atoms with Crippen molar-refractivity contribution in [2.45, 2.75) is 25.8 Å². The molecule has 0 bridgehead atoms. The van der Waals surface area contributed by atoms with Crippen molar-refractivity contribution in [1.82, 2.24) is 20.4 Å². The Balaban J connectivity index is 1.68. The summed E-state index contributed by atoms with van der Waals surface area (Å²) >= 11 is 0. The van der Waals surface area contributed by atoms with Gasteiger partial charge in [-0.2, -0.15) is 0 Å². The van der Waals surface area contributed by atoms with Gasteiger partial charge in [0.1, 0.15) is 0 Å². The molecular formula is C18H24N4O3. The first-order chi connectivity index (χ1) is 12.1. The van der Waals surface area contributed by atoms with Crippen molar-refractivity contribution in [2.75, 3.05) is 32.8 Å². The highest BCUT2D eigenvalue weighted by Crippen LogP contribution is 2.20. The van der Waals surface area contributed by atoms with E-state index in [9.17, 15) is 4.79 Å². The zero-order valence-electron chi connectivity index (χ0n) is 14.6. The van der Waals surface area contributed by atoms with Crippen molar-refractivity contribution in [3.8, 4) is 0 Å². The lowest BCUT2D eigenvalue weighted by atomic mass is 10.1. The number of aromatic nitrogens is 2. The van der Waals surface area contributed by atoms with Crippen LogP contribution in [0.5, 0.6) is 0 Å². The maximum Gasteiger partial charge on any atom is 0.289 e. The fourth-order valence-electron chi connectivity index (χ4n) is 2.83. The van der Waals surface area contributed by atoms with Gasteiger partial charge in [-0.3, -0.25) is 14.7 Å². The predicted molar refractivity (Wildman–Crippen MR) is 92.3 cm³/mol. The van der Waals surface area contributed by atoms with Crippen molar-refractivity contribution >= 4 is 5.91 Å². The van der Waals surface area contributed by atoms with E-state index in [1.54, 1.807) is 12.3 Å². The first-order valence-electron chi connectivity index (χ1n) is 8.62. The summed E-state index contributed by atoms with van der Waals surface area (Å²) in [7, 11) is 0. The standard InChI is InChI=1S/C18H24N4O3/c1-13(2)15-11-17(25-21-15)18(23)20-12-16(14-5-3-4-6-19-14)22-7-9-24-10-8-22/h3-6,11,13,16H,7-10,12H2,1-2H3,(H,20,23). The number of amides is 1. The van der Waals surface area contributed by atoms with Crippen molar-refractivity contribution in [2.24, 2.45) is 0 Å². The van der Waals surface area contributed by atoms with Crippen LogP contribution in [0, 0.1) is 0 Å². The highest BCUT2D eigenvalue weighted by atomic mass is 16.5. The number of ether oxygens (including phenoxy) is 1. The van der Waals surface area contributed by atoms with Gasteiger partial charge >= 0.3 is 0 Å². The van der Waals surface area contributed by atoms with E-state index < -0.39 is 0 Å². The second-order valence-electron chi connectivity index (χ2n) is 6.40. The molecule has 0 aliphatic carbocycles. The summed E-state index contributed by atoms with van der Waals surface area (Å²) < 4.78 is 10.6. The molecule has 7 nitrogen and oxygen atoms in total. The smallest absolute Gasteiger partial charge is 0.289 e. The molecule has 1 saturated heterocycles. The van der Waals surface area contributed by atoms with E-state index in [2.05, 4.69) is 20.4 Å². The molecule has 134 valence electrons. The molecule has 0 spiro atoms. The minimum absolute atomic E-state index is 0.00143. The van der Waals surface area contributed by atoms with Gasteiger partial charge in [0, 0.05) is 31.9 Å². The second-order valence-corrected chi connectivity index (χ2v) is 6.40. The minimum Gasteiger partial charge on any atom is -0.379 e. The molecule has 7 heteroatoms. The molecule has 1 N–H and O–H groups in total. The third-order valence-corrected chi connectivity index (χ3v) is 4.32. The minimum atomic E-state index is -0.256. The lowest BCUT2D eigenvalue weighted by Gasteiger charge is -2.34. The molecule has 3 heterocycles. The summed E-state index contributed by atoms with van der Waals surface area (Å²) in [6.07, 6.45) is 1.77. The van der Waals surface area contributed by atoms with Gasteiger partial charge < -0.3 is 14.6 Å². The molecule has 3 rings (SSSR count). The number of rotatable bonds is 6. The molecule has 1 aliphatic rings. The molecular weight excluding hydrogens is 320 g/mol. The molecule has 0 aromatic carbocycles. The van der Waals surface area contributed by atoms with E-state index in [1.807, 2.05) is 32.0 Å². The molecule has 2 aromatic heterocycles. The van der Waals surface area contributed by atoms with Crippen LogP contribution in [0.4, 0.5) is 0 Å². The van der Waals surface area contributed by atoms with Gasteiger partial charge in [0.05, 0.1) is 30.6 Å². The molecule has 0 saturated carbocycles. The van der Waals surface area contributed by atoms with Gasteiger partial charge in [-0.1, -0.05) is 25.1 Å². The van der Waals surface area contributed by atoms with Crippen LogP contribution in [0.25, 0.3) is 0 Å². The van der Waals surface area contributed by atoms with Crippen molar-refractivity contribution in [1.29, 1.82) is 0 Å². The number of pyridine rings is 1. The Hall–Kier alpha value is -2.25. The van der Waals surface area contributed by atoms with E-state index in [-0.39, 0.29) is 23.6 Å². The van der Waals surface area contributed by atoms with Gasteiger partial charge in [0.2, 0.25) is 5.76 Å². The normalized spacial score (nSPS) is 16.8. The highest BCUT2D eigenvalue weighted by molar-refractivity contribution is 5.91. The van der Waals surface area contributed by atoms with Gasteiger partial charge in [0.25, 0.3) is 5.91 Å². The van der Waals surface area contributed by atoms with Crippen LogP contribution >= 0.6 is 0 Å². The lowest BCUT2D eigenvalue weighted by molar-refractivity contribution is 0.0153. The van der Waals surface area contributed by atoms with Crippen molar-refractivity contribution in [3.63, 3.8) is 0 Å². The van der Waals surface area contributed by atoms with Gasteiger partial charge in [-0.25, -0.2) is 0 Å². The molecule has 2 aromatic rings. The quantitative estimate of drug-likeness (QED) is 0.863. The van der Waals surface area contributed by atoms with Crippen molar-refractivity contribution < 1.29 is 14.1 Å². The Labute approximate surface area is 147 Å². The van der Waals surface area contributed by atoms with Gasteiger partial charge in [-0.15, -0.1) is 0 Å². The number of hydrogen-bond donors (Lipinski definition) is 1. The van der Waals surface area contributed by atoms with E-state index in [1.165, 1.54) is 0 Å². The summed E-state index contributed by atoms with van der Waals surface area (Å²) in [5.41, 5.74) is 1.71. The van der Waals surface area contributed by atoms with E-state index in [0.717, 1.165) is 24.5 Å². The van der Waals surface area contributed by atoms with Gasteiger partial charge in [-0.05, 0) is 18.1 Å². The first-order valence-corrected chi connectivity index (χ1v) is 8.62. The maximum absolute atomic E-state index is 12.4. The number of carbonyl (C=O) groups excluding carboxylic acids is 1. The van der Waals surface area contributed by atoms with Crippen LogP contribution in [0.1, 0.15) is 47.7 Å². The third-order valence-electron chi connectivity index (χ3n) is 4.32. The number of nitrogens with zero attached hydrogens (tertiary/aromatic N) is 3. The third kappa shape index (κ3) is 4.43. The number of nitrogens with one attached hydrogen (secondary N) is 1. The Kier molecular flexibility index (Phi) is 5.78. The number of carbonyl (C=O) groups is 1. The number of hydrogen-bond acceptors (Lipinski definition) is 6. The van der Waals surface area contributed by atoms with Crippen LogP contribution in [-0.4, -0.2) is 53.8 Å². The first kappa shape index (κ1) is 17.6. The summed E-state index contributed by atoms with van der Waals surface area (Å²) in [6, 6.07) is 7.53. The predicted octanol–water partition coefficient (Wildman–Crippen LogP) is 2.00. The van der Waals surface area contributed by atoms with Crippen LogP contribution in [0.2, 0.25) is 0 Å². The summed E-state index contributed by atoms with van der Waals surface area (Å²) in [4.78, 5) is 19.1. The van der Waals surface area contributed by atoms with Crippen molar-refractivity contribution in [3.05, 3.63) is 47.6 Å². The summed E-state index contributed by atoms with van der Waals surface area (Å²) in [5, 5.41) is 6.89. The monoisotopic (exact) mass is 344 g/mol. The SMILES string of the molecule is CC(C)c1cc(C(=O)NCC(c2ccccn2)N2CCOCC2)on1. The Bertz CT molecular complexity index is 681. The van der Waals surface area contributed by atoms with Crippen LogP contribution < -0.4 is 5.32 Å². The molecule has 1 fully saturated rings. The average Bonchev–Trinajstić information content (AvgIpc) is 3.14. The second kappa shape index (κ2) is 8.22. The zero-order chi connectivity index (χ0) is 17.6. The van der Waals surface area contributed by atoms with Crippen LogP contribution in [-0.2, 0) is 4.74 Å². The molecule has 1 aliphatic heterocycles. The molecule has 25 heavy (non-hydrogen) atoms. The molecule has 1 unspecified atom stereocenters. The topological polar surface area (TPSA) is 80.5 Å². The maximum atomic E-state index is 12.4. The van der Waals surface area contributed by atoms with E-state index in [0.29, 0.717) is 19.8 Å². The van der Waals surface area contributed by atoms with Gasteiger partial charge in [0.15, 0.2) is 0 Å². The molecule has 1 amide bonds. The Morgan fingerprint density at radius 3 is 2.72 bits per heavy atom. The zero-order valence-corrected chi connectivity index (χ0v) is 14.6. The van der Waals surface area contributed by atoms with Crippen LogP contribution in [0.3, 0.4) is 0 Å². The summed E-state index contributed by atoms with van der Waals surface area (Å²) in [6.45, 7) is 7.49. The number of morpholine rings is 1. The van der Waals surface area contributed by atoms with E-state index >= 15 is 0 Å². The average molecular weight is 344 g/mol. The lowest BCUT2D eigenvalue weighted by Crippen LogP contribution is -2.44. The summed E-state index contributed by atoms with van der Waals surface area (Å²) in [5.74, 6) is 0.207. The largest absolute Gasteiger partial charge is 0.379 e. The molecule has 0 radical (unpaired) electrons. The fourth-order valence-corrected chi connectivity index (χ4v) is 2.83. The Morgan fingerprint density at radius 2 is 2.08 bits per heavy atom. The van der Waals surface area contributed by atoms with E-state index in [4.69, 9.17) is 9.26 Å².